The zero-order valence-electron chi connectivity index (χ0n) is 11.6. The van der Waals surface area contributed by atoms with Crippen molar-refractivity contribution < 1.29 is 22.9 Å². The van der Waals surface area contributed by atoms with E-state index in [0.29, 0.717) is 31.2 Å². The molecule has 1 aliphatic carbocycles. The second-order valence-corrected chi connectivity index (χ2v) is 7.08. The minimum Gasteiger partial charge on any atom is -0.481 e. The van der Waals surface area contributed by atoms with Gasteiger partial charge in [-0.3, -0.25) is 4.79 Å². The van der Waals surface area contributed by atoms with Gasteiger partial charge in [-0.2, -0.15) is 0 Å². The van der Waals surface area contributed by atoms with Crippen molar-refractivity contribution in [1.82, 2.24) is 15.0 Å². The van der Waals surface area contributed by atoms with Gasteiger partial charge in [0.05, 0.1) is 5.92 Å². The average Bonchev–Trinajstić information content (AvgIpc) is 2.95. The molecule has 1 aromatic heterocycles. The fourth-order valence-electron chi connectivity index (χ4n) is 2.74. The third-order valence-electron chi connectivity index (χ3n) is 3.94. The van der Waals surface area contributed by atoms with Crippen LogP contribution in [-0.4, -0.2) is 35.8 Å². The number of benzene rings is 1. The Morgan fingerprint density at radius 1 is 1.23 bits per heavy atom. The van der Waals surface area contributed by atoms with Gasteiger partial charge in [0.1, 0.15) is 10.4 Å². The van der Waals surface area contributed by atoms with E-state index in [1.165, 1.54) is 6.07 Å². The number of nitrogens with one attached hydrogen (secondary N) is 1. The van der Waals surface area contributed by atoms with Crippen molar-refractivity contribution in [3.63, 3.8) is 0 Å². The van der Waals surface area contributed by atoms with E-state index in [0.717, 1.165) is 0 Å². The maximum Gasteiger partial charge on any atom is 0.306 e. The Kier molecular flexibility index (Phi) is 3.83. The molecule has 0 amide bonds. The van der Waals surface area contributed by atoms with E-state index < -0.39 is 16.0 Å². The SMILES string of the molecule is O=C(O)C1CCC(NS(=O)(=O)c2cccc3nonc23)CC1. The van der Waals surface area contributed by atoms with Crippen LogP contribution >= 0.6 is 0 Å². The van der Waals surface area contributed by atoms with Gasteiger partial charge in [0.2, 0.25) is 10.0 Å². The fourth-order valence-corrected chi connectivity index (χ4v) is 4.19. The summed E-state index contributed by atoms with van der Waals surface area (Å²) in [7, 11) is -3.75. The van der Waals surface area contributed by atoms with Crippen LogP contribution in [0, 0.1) is 5.92 Å². The summed E-state index contributed by atoms with van der Waals surface area (Å²) in [5, 5.41) is 16.2. The zero-order chi connectivity index (χ0) is 15.7. The molecule has 0 saturated heterocycles. The van der Waals surface area contributed by atoms with E-state index in [1.54, 1.807) is 12.1 Å². The molecule has 1 saturated carbocycles. The Balaban J connectivity index is 1.77. The summed E-state index contributed by atoms with van der Waals surface area (Å²) in [6, 6.07) is 4.36. The number of rotatable bonds is 4. The van der Waals surface area contributed by atoms with Crippen molar-refractivity contribution in [1.29, 1.82) is 0 Å². The molecule has 2 N–H and O–H groups in total. The van der Waals surface area contributed by atoms with Crippen LogP contribution in [0.1, 0.15) is 25.7 Å². The van der Waals surface area contributed by atoms with Crippen molar-refractivity contribution in [3.05, 3.63) is 18.2 Å². The van der Waals surface area contributed by atoms with Crippen LogP contribution in [-0.2, 0) is 14.8 Å². The van der Waals surface area contributed by atoms with Crippen molar-refractivity contribution in [2.75, 3.05) is 0 Å². The van der Waals surface area contributed by atoms with Gasteiger partial charge in [-0.1, -0.05) is 6.07 Å². The number of carboxylic acid groups (broad SMARTS) is 1. The molecular formula is C13H15N3O5S. The minimum absolute atomic E-state index is 0.0200. The summed E-state index contributed by atoms with van der Waals surface area (Å²) in [5.74, 6) is -1.20. The number of aliphatic carboxylic acids is 1. The standard InChI is InChI=1S/C13H15N3O5S/c17-13(18)8-4-6-9(7-5-8)16-22(19,20)11-3-1-2-10-12(11)15-21-14-10/h1-3,8-9,16H,4-7H2,(H,17,18). The average molecular weight is 325 g/mol. The molecule has 1 heterocycles. The fraction of sp³-hybridized carbons (Fsp3) is 0.462. The van der Waals surface area contributed by atoms with Gasteiger partial charge in [-0.05, 0) is 48.1 Å². The molecule has 118 valence electrons. The Morgan fingerprint density at radius 2 is 1.95 bits per heavy atom. The molecule has 0 spiro atoms. The van der Waals surface area contributed by atoms with Crippen molar-refractivity contribution >= 4 is 27.0 Å². The molecule has 0 atom stereocenters. The van der Waals surface area contributed by atoms with Crippen molar-refractivity contribution in [2.24, 2.45) is 5.92 Å². The first-order valence-corrected chi connectivity index (χ1v) is 8.42. The number of carboxylic acids is 1. The van der Waals surface area contributed by atoms with Crippen LogP contribution in [0.4, 0.5) is 0 Å². The molecule has 1 fully saturated rings. The van der Waals surface area contributed by atoms with E-state index in [9.17, 15) is 13.2 Å². The summed E-state index contributed by atoms with van der Waals surface area (Å²) < 4.78 is 32.2. The largest absolute Gasteiger partial charge is 0.481 e. The maximum absolute atomic E-state index is 12.5. The number of aromatic nitrogens is 2. The highest BCUT2D eigenvalue weighted by molar-refractivity contribution is 7.89. The van der Waals surface area contributed by atoms with Crippen LogP contribution in [0.2, 0.25) is 0 Å². The summed E-state index contributed by atoms with van der Waals surface area (Å²) in [4.78, 5) is 10.9. The number of nitrogens with zero attached hydrogens (tertiary/aromatic N) is 2. The molecular weight excluding hydrogens is 310 g/mol. The van der Waals surface area contributed by atoms with Gasteiger partial charge >= 0.3 is 5.97 Å². The topological polar surface area (TPSA) is 122 Å². The van der Waals surface area contributed by atoms with Gasteiger partial charge in [-0.15, -0.1) is 0 Å². The van der Waals surface area contributed by atoms with E-state index in [2.05, 4.69) is 19.7 Å². The predicted octanol–water partition coefficient (Wildman–Crippen LogP) is 1.14. The molecule has 2 aromatic rings. The molecule has 1 aliphatic rings. The van der Waals surface area contributed by atoms with Crippen molar-refractivity contribution in [2.45, 2.75) is 36.6 Å². The lowest BCUT2D eigenvalue weighted by Crippen LogP contribution is -2.38. The first-order valence-electron chi connectivity index (χ1n) is 6.94. The number of hydrogen-bond acceptors (Lipinski definition) is 6. The normalized spacial score (nSPS) is 22.7. The Hall–Kier alpha value is -2.00. The van der Waals surface area contributed by atoms with E-state index >= 15 is 0 Å². The summed E-state index contributed by atoms with van der Waals surface area (Å²) >= 11 is 0. The number of carbonyl (C=O) groups is 1. The number of sulfonamides is 1. The molecule has 1 aromatic carbocycles. The highest BCUT2D eigenvalue weighted by Gasteiger charge is 2.30. The molecule has 0 aliphatic heterocycles. The summed E-state index contributed by atoms with van der Waals surface area (Å²) in [5.41, 5.74) is 0.562. The predicted molar refractivity (Wildman–Crippen MR) is 75.5 cm³/mol. The monoisotopic (exact) mass is 325 g/mol. The van der Waals surface area contributed by atoms with Gasteiger partial charge in [0, 0.05) is 6.04 Å². The Labute approximate surface area is 126 Å². The van der Waals surface area contributed by atoms with Gasteiger partial charge in [0.15, 0.2) is 5.52 Å². The quantitative estimate of drug-likeness (QED) is 0.864. The molecule has 22 heavy (non-hydrogen) atoms. The van der Waals surface area contributed by atoms with E-state index in [-0.39, 0.29) is 22.4 Å². The second-order valence-electron chi connectivity index (χ2n) is 5.40. The van der Waals surface area contributed by atoms with Crippen LogP contribution in [0.3, 0.4) is 0 Å². The maximum atomic E-state index is 12.5. The second kappa shape index (κ2) is 5.65. The smallest absolute Gasteiger partial charge is 0.306 e. The van der Waals surface area contributed by atoms with Crippen molar-refractivity contribution in [3.8, 4) is 0 Å². The molecule has 0 radical (unpaired) electrons. The highest BCUT2D eigenvalue weighted by Crippen LogP contribution is 2.26. The Bertz CT molecular complexity index is 793. The summed E-state index contributed by atoms with van der Waals surface area (Å²) in [6.45, 7) is 0. The van der Waals surface area contributed by atoms with Gasteiger partial charge in [-0.25, -0.2) is 17.8 Å². The Morgan fingerprint density at radius 3 is 2.64 bits per heavy atom. The van der Waals surface area contributed by atoms with E-state index in [4.69, 9.17) is 5.11 Å². The third-order valence-corrected chi connectivity index (χ3v) is 5.49. The molecule has 3 rings (SSSR count). The molecule has 9 heteroatoms. The zero-order valence-corrected chi connectivity index (χ0v) is 12.4. The first kappa shape index (κ1) is 14.9. The lowest BCUT2D eigenvalue weighted by molar-refractivity contribution is -0.142. The van der Waals surface area contributed by atoms with E-state index in [1.807, 2.05) is 0 Å². The van der Waals surface area contributed by atoms with Crippen LogP contribution in [0.15, 0.2) is 27.7 Å². The minimum atomic E-state index is -3.75. The summed E-state index contributed by atoms with van der Waals surface area (Å²) in [6.07, 6.45) is 1.95. The third kappa shape index (κ3) is 2.81. The molecule has 0 bridgehead atoms. The van der Waals surface area contributed by atoms with Gasteiger partial charge in [0.25, 0.3) is 0 Å². The highest BCUT2D eigenvalue weighted by atomic mass is 32.2. The lowest BCUT2D eigenvalue weighted by atomic mass is 9.87. The lowest BCUT2D eigenvalue weighted by Gasteiger charge is -2.26. The van der Waals surface area contributed by atoms with Crippen LogP contribution in [0.5, 0.6) is 0 Å². The number of hydrogen-bond donors (Lipinski definition) is 2. The number of fused-ring (bicyclic) bond motifs is 1. The molecule has 0 unspecified atom stereocenters. The van der Waals surface area contributed by atoms with Crippen LogP contribution in [0.25, 0.3) is 11.0 Å². The van der Waals surface area contributed by atoms with Crippen LogP contribution < -0.4 is 4.72 Å². The van der Waals surface area contributed by atoms with Gasteiger partial charge < -0.3 is 5.11 Å². The first-order chi connectivity index (χ1) is 10.5. The molecule has 8 nitrogen and oxygen atoms in total.